The summed E-state index contributed by atoms with van der Waals surface area (Å²) in [5, 5.41) is 3.85. The van der Waals surface area contributed by atoms with Gasteiger partial charge in [-0.15, -0.1) is 11.8 Å². The lowest BCUT2D eigenvalue weighted by Crippen LogP contribution is -2.56. The van der Waals surface area contributed by atoms with Gasteiger partial charge < -0.3 is 14.8 Å². The predicted molar refractivity (Wildman–Crippen MR) is 124 cm³/mol. The molecule has 1 unspecified atom stereocenters. The average Bonchev–Trinajstić information content (AvgIpc) is 3.34. The Balaban J connectivity index is 1.49. The second kappa shape index (κ2) is 10.1. The molecule has 2 aromatic rings. The van der Waals surface area contributed by atoms with E-state index in [0.717, 1.165) is 10.5 Å². The fourth-order valence-electron chi connectivity index (χ4n) is 3.75. The van der Waals surface area contributed by atoms with Gasteiger partial charge in [-0.1, -0.05) is 24.3 Å². The van der Waals surface area contributed by atoms with Gasteiger partial charge in [0.25, 0.3) is 5.91 Å². The third-order valence-electron chi connectivity index (χ3n) is 5.51. The molecule has 1 N–H and O–H groups in total. The van der Waals surface area contributed by atoms with Crippen molar-refractivity contribution in [3.8, 4) is 11.5 Å². The molecule has 8 nitrogen and oxygen atoms in total. The maximum Gasteiger partial charge on any atom is 0.501 e. The Morgan fingerprint density at radius 1 is 1.15 bits per heavy atom. The number of imide groups is 1. The van der Waals surface area contributed by atoms with E-state index in [9.17, 15) is 18.8 Å². The normalized spacial score (nSPS) is 17.1. The van der Waals surface area contributed by atoms with Gasteiger partial charge in [0.15, 0.2) is 23.3 Å². The largest absolute Gasteiger partial charge is 0.501 e. The molecule has 2 aliphatic heterocycles. The molecule has 0 saturated heterocycles. The van der Waals surface area contributed by atoms with Gasteiger partial charge in [0.05, 0.1) is 14.2 Å². The summed E-state index contributed by atoms with van der Waals surface area (Å²) in [6.07, 6.45) is 1.66. The van der Waals surface area contributed by atoms with Gasteiger partial charge in [-0.25, -0.2) is 9.18 Å². The van der Waals surface area contributed by atoms with Crippen molar-refractivity contribution in [1.29, 1.82) is 0 Å². The molecule has 0 aromatic heterocycles. The van der Waals surface area contributed by atoms with E-state index in [2.05, 4.69) is 5.32 Å². The second-order valence-corrected chi connectivity index (χ2v) is 8.61. The number of thioether (sulfide) groups is 1. The van der Waals surface area contributed by atoms with Crippen molar-refractivity contribution in [1.82, 2.24) is 10.2 Å². The lowest BCUT2D eigenvalue weighted by molar-refractivity contribution is -0.427. The number of methoxy groups -OCH3 is 2. The summed E-state index contributed by atoms with van der Waals surface area (Å²) >= 11 is 1.25. The van der Waals surface area contributed by atoms with Crippen molar-refractivity contribution in [3.05, 3.63) is 70.9 Å². The van der Waals surface area contributed by atoms with Crippen LogP contribution in [-0.2, 0) is 22.7 Å². The Morgan fingerprint density at radius 3 is 2.65 bits per heavy atom. The Morgan fingerprint density at radius 2 is 1.91 bits per heavy atom. The van der Waals surface area contributed by atoms with E-state index in [0.29, 0.717) is 17.2 Å². The Kier molecular flexibility index (Phi) is 6.97. The highest BCUT2D eigenvalue weighted by Crippen LogP contribution is 2.29. The zero-order valence-electron chi connectivity index (χ0n) is 18.6. The molecule has 1 atom stereocenters. The molecule has 2 aromatic carbocycles. The van der Waals surface area contributed by atoms with Crippen LogP contribution >= 0.6 is 11.8 Å². The van der Waals surface area contributed by atoms with Crippen LogP contribution in [0.5, 0.6) is 11.5 Å². The number of hydrogen-bond donors (Lipinski definition) is 1. The van der Waals surface area contributed by atoms with Crippen LogP contribution in [0.1, 0.15) is 11.1 Å². The van der Waals surface area contributed by atoms with E-state index in [1.165, 1.54) is 48.8 Å². The summed E-state index contributed by atoms with van der Waals surface area (Å²) in [6.45, 7) is -0.273. The minimum atomic E-state index is -0.659. The number of nitrogens with one attached hydrogen (secondary N) is 1. The number of fused-ring (bicyclic) bond motifs is 1. The number of urea groups is 1. The number of carbonyl (C=O) groups is 3. The first-order valence-electron chi connectivity index (χ1n) is 10.5. The minimum absolute atomic E-state index is 0.210. The third kappa shape index (κ3) is 4.67. The van der Waals surface area contributed by atoms with Gasteiger partial charge >= 0.3 is 11.9 Å². The van der Waals surface area contributed by atoms with Crippen LogP contribution in [0, 0.1) is 5.82 Å². The summed E-state index contributed by atoms with van der Waals surface area (Å²) in [6, 6.07) is 10.6. The Hall–Kier alpha value is -3.66. The minimum Gasteiger partial charge on any atom is -0.493 e. The predicted octanol–water partition coefficient (Wildman–Crippen LogP) is 2.70. The van der Waals surface area contributed by atoms with Crippen molar-refractivity contribution in [3.63, 3.8) is 0 Å². The summed E-state index contributed by atoms with van der Waals surface area (Å²) < 4.78 is 25.9. The van der Waals surface area contributed by atoms with Crippen molar-refractivity contribution in [2.45, 2.75) is 18.3 Å². The number of benzene rings is 2. The molecule has 0 fully saturated rings. The fourth-order valence-corrected chi connectivity index (χ4v) is 4.71. The van der Waals surface area contributed by atoms with Gasteiger partial charge in [-0.2, -0.15) is 14.3 Å². The SMILES string of the molecule is COc1ccc(CNC(=O)C[N+]2=C3C=CSC3C(=O)N(Cc3ccccc3F)C2=O)cc1OC. The first-order valence-corrected chi connectivity index (χ1v) is 11.4. The fraction of sp³-hybridized carbons (Fsp3) is 0.250. The smallest absolute Gasteiger partial charge is 0.493 e. The molecule has 0 bridgehead atoms. The van der Waals surface area contributed by atoms with Crippen molar-refractivity contribution >= 4 is 35.3 Å². The van der Waals surface area contributed by atoms with Gasteiger partial charge in [-0.3, -0.25) is 4.79 Å². The van der Waals surface area contributed by atoms with Crippen molar-refractivity contribution < 1.29 is 32.8 Å². The Bertz CT molecular complexity index is 1210. The Labute approximate surface area is 200 Å². The van der Waals surface area contributed by atoms with Crippen LogP contribution in [0.25, 0.3) is 0 Å². The van der Waals surface area contributed by atoms with Gasteiger partial charge in [0, 0.05) is 12.1 Å². The van der Waals surface area contributed by atoms with E-state index >= 15 is 0 Å². The second-order valence-electron chi connectivity index (χ2n) is 7.59. The number of nitrogens with zero attached hydrogens (tertiary/aromatic N) is 2. The van der Waals surface area contributed by atoms with Crippen LogP contribution in [-0.4, -0.2) is 59.0 Å². The van der Waals surface area contributed by atoms with Crippen molar-refractivity contribution in [2.24, 2.45) is 0 Å². The molecule has 0 radical (unpaired) electrons. The summed E-state index contributed by atoms with van der Waals surface area (Å²) in [5.74, 6) is -0.229. The van der Waals surface area contributed by atoms with E-state index in [1.807, 2.05) is 0 Å². The van der Waals surface area contributed by atoms with E-state index in [-0.39, 0.29) is 25.2 Å². The number of rotatable bonds is 8. The third-order valence-corrected chi connectivity index (χ3v) is 6.52. The van der Waals surface area contributed by atoms with Gasteiger partial charge in [-0.05, 0) is 35.2 Å². The number of ether oxygens (including phenoxy) is 2. The van der Waals surface area contributed by atoms with Crippen LogP contribution < -0.4 is 14.8 Å². The molecular weight excluding hydrogens is 461 g/mol. The number of hydrogen-bond acceptors (Lipinski definition) is 6. The average molecular weight is 485 g/mol. The molecule has 0 aliphatic carbocycles. The molecule has 2 aliphatic rings. The van der Waals surface area contributed by atoms with Crippen molar-refractivity contribution in [2.75, 3.05) is 20.8 Å². The number of carbonyl (C=O) groups excluding carboxylic acids is 3. The summed E-state index contributed by atoms with van der Waals surface area (Å²) in [7, 11) is 3.06. The van der Waals surface area contributed by atoms with Crippen LogP contribution in [0.4, 0.5) is 9.18 Å². The van der Waals surface area contributed by atoms with Gasteiger partial charge in [0.2, 0.25) is 0 Å². The van der Waals surface area contributed by atoms with Gasteiger partial charge in [0.1, 0.15) is 18.1 Å². The highest BCUT2D eigenvalue weighted by atomic mass is 32.2. The molecule has 34 heavy (non-hydrogen) atoms. The number of amides is 4. The van der Waals surface area contributed by atoms with E-state index < -0.39 is 28.9 Å². The quantitative estimate of drug-likeness (QED) is 0.580. The molecular formula is C24H23FN3O5S+. The zero-order valence-corrected chi connectivity index (χ0v) is 19.4. The van der Waals surface area contributed by atoms with Crippen LogP contribution in [0.15, 0.2) is 53.9 Å². The molecule has 176 valence electrons. The highest BCUT2D eigenvalue weighted by Gasteiger charge is 2.49. The molecule has 2 heterocycles. The summed E-state index contributed by atoms with van der Waals surface area (Å²) in [4.78, 5) is 39.9. The molecule has 4 amide bonds. The van der Waals surface area contributed by atoms with E-state index in [4.69, 9.17) is 9.47 Å². The lowest BCUT2D eigenvalue weighted by atomic mass is 10.1. The first-order chi connectivity index (χ1) is 16.4. The number of halogens is 1. The molecule has 0 spiro atoms. The molecule has 10 heteroatoms. The van der Waals surface area contributed by atoms with Crippen LogP contribution in [0.3, 0.4) is 0 Å². The maximum atomic E-state index is 14.2. The monoisotopic (exact) mass is 484 g/mol. The van der Waals surface area contributed by atoms with E-state index in [1.54, 1.807) is 35.7 Å². The lowest BCUT2D eigenvalue weighted by Gasteiger charge is -2.24. The molecule has 0 saturated carbocycles. The highest BCUT2D eigenvalue weighted by molar-refractivity contribution is 8.04. The van der Waals surface area contributed by atoms with Crippen LogP contribution in [0.2, 0.25) is 0 Å². The maximum absolute atomic E-state index is 14.2. The zero-order chi connectivity index (χ0) is 24.2. The molecule has 4 rings (SSSR count). The standard InChI is InChI=1S/C24H22FN3O5S/c1-32-19-8-7-15(11-20(19)33-2)12-26-21(29)14-27-18-9-10-34-22(18)23(30)28(24(27)31)13-16-5-3-4-6-17(16)25/h3-11,22H,12-14H2,1-2H3/p+1. The topological polar surface area (TPSA) is 88.0 Å². The number of allylic oxidation sites excluding steroid dienone is 1. The first kappa shape index (κ1) is 23.5. The summed E-state index contributed by atoms with van der Waals surface area (Å²) in [5.41, 5.74) is 1.46.